The molecule has 1 aromatic carbocycles. The molecule has 2 nitrogen and oxygen atoms in total. The van der Waals surface area contributed by atoms with Gasteiger partial charge in [0, 0.05) is 11.4 Å². The van der Waals surface area contributed by atoms with Gasteiger partial charge in [0.25, 0.3) is 0 Å². The van der Waals surface area contributed by atoms with Gasteiger partial charge in [-0.15, -0.1) is 6.58 Å². The van der Waals surface area contributed by atoms with Gasteiger partial charge in [0.2, 0.25) is 0 Å². The Morgan fingerprint density at radius 2 is 1.94 bits per heavy atom. The molecule has 0 N–H and O–H groups in total. The Labute approximate surface area is 100 Å². The topological polar surface area (TPSA) is 47.6 Å². The van der Waals surface area contributed by atoms with E-state index in [0.29, 0.717) is 17.9 Å². The summed E-state index contributed by atoms with van der Waals surface area (Å²) in [6.45, 7) is 3.57. The first-order valence-corrected chi connectivity index (χ1v) is 5.22. The first-order chi connectivity index (χ1) is 7.67. The molecule has 16 heavy (non-hydrogen) atoms. The molecule has 0 heterocycles. The first-order valence-electron chi connectivity index (χ1n) is 4.84. The predicted molar refractivity (Wildman–Crippen MR) is 63.6 cm³/mol. The van der Waals surface area contributed by atoms with Crippen LogP contribution in [0.1, 0.15) is 12.0 Å². The van der Waals surface area contributed by atoms with Crippen molar-refractivity contribution in [3.63, 3.8) is 0 Å². The third-order valence-corrected chi connectivity index (χ3v) is 2.74. The molecular weight excluding hydrogens is 220 g/mol. The molecule has 1 rings (SSSR count). The molecule has 0 unspecified atom stereocenters. The molecule has 0 aliphatic carbocycles. The van der Waals surface area contributed by atoms with Crippen molar-refractivity contribution < 1.29 is 0 Å². The fraction of sp³-hybridized carbons (Fsp3) is 0.231. The lowest BCUT2D eigenvalue weighted by Gasteiger charge is -2.17. The smallest absolute Gasteiger partial charge is 0.151 e. The minimum absolute atomic E-state index is 0.325. The Bertz CT molecular complexity index is 452. The van der Waals surface area contributed by atoms with Gasteiger partial charge in [-0.25, -0.2) is 0 Å². The van der Waals surface area contributed by atoms with E-state index in [4.69, 9.17) is 22.1 Å². The number of allylic oxidation sites excluding steroid dienone is 1. The fourth-order valence-electron chi connectivity index (χ4n) is 1.48. The van der Waals surface area contributed by atoms with Crippen LogP contribution >= 0.6 is 11.6 Å². The number of benzene rings is 1. The van der Waals surface area contributed by atoms with Crippen molar-refractivity contribution in [2.24, 2.45) is 5.41 Å². The molecule has 0 saturated carbocycles. The largest absolute Gasteiger partial charge is 0.197 e. The van der Waals surface area contributed by atoms with E-state index < -0.39 is 5.41 Å². The molecule has 0 radical (unpaired) electrons. The minimum Gasteiger partial charge on any atom is -0.197 e. The van der Waals surface area contributed by atoms with Crippen LogP contribution in [0.15, 0.2) is 36.9 Å². The number of halogens is 1. The van der Waals surface area contributed by atoms with E-state index >= 15 is 0 Å². The number of rotatable bonds is 4. The lowest BCUT2D eigenvalue weighted by atomic mass is 9.81. The molecule has 0 aromatic heterocycles. The van der Waals surface area contributed by atoms with E-state index in [1.807, 2.05) is 18.2 Å². The summed E-state index contributed by atoms with van der Waals surface area (Å²) in [7, 11) is 0. The van der Waals surface area contributed by atoms with Crippen molar-refractivity contribution in [3.05, 3.63) is 47.5 Å². The summed E-state index contributed by atoms with van der Waals surface area (Å²) in [5.41, 5.74) is -0.249. The highest BCUT2D eigenvalue weighted by molar-refractivity contribution is 6.31. The molecule has 0 amide bonds. The van der Waals surface area contributed by atoms with Crippen LogP contribution in [-0.2, 0) is 6.42 Å². The van der Waals surface area contributed by atoms with E-state index in [1.165, 1.54) is 0 Å². The van der Waals surface area contributed by atoms with Gasteiger partial charge in [0.15, 0.2) is 5.41 Å². The summed E-state index contributed by atoms with van der Waals surface area (Å²) in [4.78, 5) is 0. The van der Waals surface area contributed by atoms with Crippen molar-refractivity contribution in [3.8, 4) is 12.1 Å². The summed E-state index contributed by atoms with van der Waals surface area (Å²) in [5.74, 6) is 0. The summed E-state index contributed by atoms with van der Waals surface area (Å²) in [5, 5.41) is 18.8. The first kappa shape index (κ1) is 12.3. The Kier molecular flexibility index (Phi) is 4.11. The number of hydrogen-bond acceptors (Lipinski definition) is 2. The van der Waals surface area contributed by atoms with Crippen LogP contribution in [-0.4, -0.2) is 0 Å². The van der Waals surface area contributed by atoms with Gasteiger partial charge in [0.05, 0.1) is 12.1 Å². The maximum atomic E-state index is 9.10. The zero-order chi connectivity index (χ0) is 12.0. The second-order valence-corrected chi connectivity index (χ2v) is 3.97. The molecule has 1 aromatic rings. The minimum atomic E-state index is -1.06. The second kappa shape index (κ2) is 5.35. The molecule has 0 fully saturated rings. The van der Waals surface area contributed by atoms with Gasteiger partial charge in [0.1, 0.15) is 0 Å². The van der Waals surface area contributed by atoms with Gasteiger partial charge < -0.3 is 0 Å². The van der Waals surface area contributed by atoms with Crippen LogP contribution in [0.4, 0.5) is 0 Å². The summed E-state index contributed by atoms with van der Waals surface area (Å²) in [6.07, 6.45) is 2.25. The van der Waals surface area contributed by atoms with Crippen molar-refractivity contribution in [1.29, 1.82) is 10.5 Å². The van der Waals surface area contributed by atoms with Crippen LogP contribution in [0.25, 0.3) is 0 Å². The fourth-order valence-corrected chi connectivity index (χ4v) is 1.68. The number of nitrogens with zero attached hydrogens (tertiary/aromatic N) is 2. The normalized spacial score (nSPS) is 10.2. The number of nitriles is 2. The van der Waals surface area contributed by atoms with Crippen molar-refractivity contribution in [1.82, 2.24) is 0 Å². The van der Waals surface area contributed by atoms with Gasteiger partial charge in [-0.3, -0.25) is 0 Å². The highest BCUT2D eigenvalue weighted by Crippen LogP contribution is 2.29. The van der Waals surface area contributed by atoms with Crippen LogP contribution in [0, 0.1) is 28.1 Å². The van der Waals surface area contributed by atoms with Gasteiger partial charge in [-0.2, -0.15) is 10.5 Å². The lowest BCUT2D eigenvalue weighted by Crippen LogP contribution is -2.18. The zero-order valence-electron chi connectivity index (χ0n) is 8.78. The second-order valence-electron chi connectivity index (χ2n) is 3.57. The predicted octanol–water partition coefficient (Wildman–Crippen LogP) is 3.49. The Hall–Kier alpha value is -1.77. The van der Waals surface area contributed by atoms with E-state index in [0.717, 1.165) is 5.56 Å². The molecule has 80 valence electrons. The Morgan fingerprint density at radius 1 is 1.31 bits per heavy atom. The average Bonchev–Trinajstić information content (AvgIpc) is 2.31. The van der Waals surface area contributed by atoms with Crippen LogP contribution in [0.5, 0.6) is 0 Å². The summed E-state index contributed by atoms with van der Waals surface area (Å²) < 4.78 is 0. The van der Waals surface area contributed by atoms with Gasteiger partial charge >= 0.3 is 0 Å². The van der Waals surface area contributed by atoms with Crippen molar-refractivity contribution in [2.75, 3.05) is 0 Å². The quantitative estimate of drug-likeness (QED) is 0.744. The third kappa shape index (κ3) is 2.63. The highest BCUT2D eigenvalue weighted by atomic mass is 35.5. The maximum absolute atomic E-state index is 9.10. The average molecular weight is 231 g/mol. The zero-order valence-corrected chi connectivity index (χ0v) is 9.54. The molecule has 0 atom stereocenters. The van der Waals surface area contributed by atoms with Crippen LogP contribution in [0.2, 0.25) is 5.02 Å². The SMILES string of the molecule is C=CCC(C#N)(C#N)Cc1ccccc1Cl. The van der Waals surface area contributed by atoms with E-state index in [-0.39, 0.29) is 0 Å². The molecular formula is C13H11ClN2. The maximum Gasteiger partial charge on any atom is 0.151 e. The summed E-state index contributed by atoms with van der Waals surface area (Å²) in [6, 6.07) is 11.3. The van der Waals surface area contributed by atoms with Crippen molar-refractivity contribution in [2.45, 2.75) is 12.8 Å². The van der Waals surface area contributed by atoms with Crippen LogP contribution < -0.4 is 0 Å². The standard InChI is InChI=1S/C13H11ClN2/c1-2-7-13(9-15,10-16)8-11-5-3-4-6-12(11)14/h2-6H,1,7-8H2. The summed E-state index contributed by atoms with van der Waals surface area (Å²) >= 11 is 6.00. The Morgan fingerprint density at radius 3 is 2.44 bits per heavy atom. The van der Waals surface area contributed by atoms with Crippen molar-refractivity contribution >= 4 is 11.6 Å². The van der Waals surface area contributed by atoms with E-state index in [1.54, 1.807) is 12.1 Å². The molecule has 0 spiro atoms. The highest BCUT2D eigenvalue weighted by Gasteiger charge is 2.29. The molecule has 3 heteroatoms. The molecule has 0 aliphatic rings. The molecule has 0 aliphatic heterocycles. The molecule has 0 saturated heterocycles. The van der Waals surface area contributed by atoms with E-state index in [2.05, 4.69) is 18.7 Å². The van der Waals surface area contributed by atoms with Crippen LogP contribution in [0.3, 0.4) is 0 Å². The third-order valence-electron chi connectivity index (χ3n) is 2.37. The molecule has 0 bridgehead atoms. The van der Waals surface area contributed by atoms with Gasteiger partial charge in [-0.1, -0.05) is 35.9 Å². The Balaban J connectivity index is 3.03. The van der Waals surface area contributed by atoms with E-state index in [9.17, 15) is 0 Å². The lowest BCUT2D eigenvalue weighted by molar-refractivity contribution is 0.527. The number of hydrogen-bond donors (Lipinski definition) is 0. The van der Waals surface area contributed by atoms with Gasteiger partial charge in [-0.05, 0) is 18.1 Å². The monoisotopic (exact) mass is 230 g/mol.